The van der Waals surface area contributed by atoms with Crippen molar-refractivity contribution in [2.75, 3.05) is 17.8 Å². The molecule has 5 nitrogen and oxygen atoms in total. The van der Waals surface area contributed by atoms with E-state index in [1.54, 1.807) is 36.1 Å². The number of carbonyl (C=O) groups excluding carboxylic acids is 1. The molecule has 2 aromatic rings. The van der Waals surface area contributed by atoms with Gasteiger partial charge in [-0.15, -0.1) is 0 Å². The molecule has 26 heavy (non-hydrogen) atoms. The van der Waals surface area contributed by atoms with E-state index in [2.05, 4.69) is 4.72 Å². The van der Waals surface area contributed by atoms with Gasteiger partial charge < -0.3 is 4.90 Å². The van der Waals surface area contributed by atoms with Crippen molar-refractivity contribution >= 4 is 21.6 Å². The van der Waals surface area contributed by atoms with Gasteiger partial charge in [0.15, 0.2) is 0 Å². The average Bonchev–Trinajstić information content (AvgIpc) is 2.64. The maximum absolute atomic E-state index is 12.8. The van der Waals surface area contributed by atoms with Crippen LogP contribution in [-0.2, 0) is 10.0 Å². The van der Waals surface area contributed by atoms with Crippen LogP contribution in [0.3, 0.4) is 0 Å². The second kappa shape index (κ2) is 7.50. The van der Waals surface area contributed by atoms with Gasteiger partial charge in [-0.25, -0.2) is 8.42 Å². The number of nitrogens with zero attached hydrogens (tertiary/aromatic N) is 1. The van der Waals surface area contributed by atoms with E-state index in [-0.39, 0.29) is 10.8 Å². The minimum absolute atomic E-state index is 0.100. The first-order valence-electron chi connectivity index (χ1n) is 8.86. The van der Waals surface area contributed by atoms with E-state index in [4.69, 9.17) is 0 Å². The molecule has 0 radical (unpaired) electrons. The molecule has 0 spiro atoms. The third kappa shape index (κ3) is 4.07. The number of likely N-dealkylation sites (tertiary alicyclic amines) is 1. The molecule has 1 saturated heterocycles. The summed E-state index contributed by atoms with van der Waals surface area (Å²) in [5.41, 5.74) is 2.59. The van der Waals surface area contributed by atoms with Gasteiger partial charge in [-0.2, -0.15) is 0 Å². The molecule has 6 heteroatoms. The summed E-state index contributed by atoms with van der Waals surface area (Å²) in [5.74, 6) is -0.100. The van der Waals surface area contributed by atoms with Crippen molar-refractivity contribution in [1.82, 2.24) is 4.90 Å². The molecule has 1 aliphatic rings. The van der Waals surface area contributed by atoms with Gasteiger partial charge in [-0.3, -0.25) is 9.52 Å². The minimum Gasteiger partial charge on any atom is -0.339 e. The Morgan fingerprint density at radius 1 is 0.962 bits per heavy atom. The van der Waals surface area contributed by atoms with E-state index in [1.165, 1.54) is 6.07 Å². The van der Waals surface area contributed by atoms with Crippen molar-refractivity contribution in [3.63, 3.8) is 0 Å². The SMILES string of the molecule is Cc1ccc(NS(=O)(=O)c2cc(C(=O)N3CCCCC3)ccc2C)cc1. The smallest absolute Gasteiger partial charge is 0.262 e. The molecule has 0 aliphatic carbocycles. The van der Waals surface area contributed by atoms with E-state index < -0.39 is 10.0 Å². The molecule has 138 valence electrons. The van der Waals surface area contributed by atoms with Crippen LogP contribution in [0.2, 0.25) is 0 Å². The van der Waals surface area contributed by atoms with Gasteiger partial charge in [0.25, 0.3) is 15.9 Å². The maximum atomic E-state index is 12.8. The van der Waals surface area contributed by atoms with Crippen molar-refractivity contribution in [2.45, 2.75) is 38.0 Å². The lowest BCUT2D eigenvalue weighted by atomic mass is 10.1. The highest BCUT2D eigenvalue weighted by molar-refractivity contribution is 7.92. The monoisotopic (exact) mass is 372 g/mol. The van der Waals surface area contributed by atoms with Gasteiger partial charge in [-0.05, 0) is 62.9 Å². The Morgan fingerprint density at radius 2 is 1.62 bits per heavy atom. The van der Waals surface area contributed by atoms with Gasteiger partial charge in [0.2, 0.25) is 0 Å². The van der Waals surface area contributed by atoms with Crippen LogP contribution in [0, 0.1) is 13.8 Å². The summed E-state index contributed by atoms with van der Waals surface area (Å²) in [6, 6.07) is 12.0. The lowest BCUT2D eigenvalue weighted by Gasteiger charge is -2.27. The normalized spacial score (nSPS) is 14.9. The van der Waals surface area contributed by atoms with Gasteiger partial charge in [0.1, 0.15) is 0 Å². The maximum Gasteiger partial charge on any atom is 0.262 e. The molecular formula is C20H24N2O3S. The number of benzene rings is 2. The van der Waals surface area contributed by atoms with E-state index >= 15 is 0 Å². The molecule has 0 atom stereocenters. The quantitative estimate of drug-likeness (QED) is 0.889. The lowest BCUT2D eigenvalue weighted by Crippen LogP contribution is -2.35. The van der Waals surface area contributed by atoms with E-state index in [9.17, 15) is 13.2 Å². The molecular weight excluding hydrogens is 348 g/mol. The van der Waals surface area contributed by atoms with Crippen molar-refractivity contribution in [3.8, 4) is 0 Å². The Morgan fingerprint density at radius 3 is 2.27 bits per heavy atom. The molecule has 0 unspecified atom stereocenters. The zero-order valence-electron chi connectivity index (χ0n) is 15.2. The van der Waals surface area contributed by atoms with Crippen molar-refractivity contribution < 1.29 is 13.2 Å². The van der Waals surface area contributed by atoms with Crippen molar-refractivity contribution in [1.29, 1.82) is 0 Å². The number of aryl methyl sites for hydroxylation is 2. The first-order valence-corrected chi connectivity index (χ1v) is 10.3. The Hall–Kier alpha value is -2.34. The van der Waals surface area contributed by atoms with Gasteiger partial charge >= 0.3 is 0 Å². The molecule has 0 bridgehead atoms. The third-order valence-corrected chi connectivity index (χ3v) is 6.19. The van der Waals surface area contributed by atoms with Gasteiger partial charge in [-0.1, -0.05) is 23.8 Å². The summed E-state index contributed by atoms with van der Waals surface area (Å²) >= 11 is 0. The molecule has 1 amide bonds. The third-order valence-electron chi connectivity index (χ3n) is 4.67. The fraction of sp³-hybridized carbons (Fsp3) is 0.350. The van der Waals surface area contributed by atoms with Crippen LogP contribution >= 0.6 is 0 Å². The summed E-state index contributed by atoms with van der Waals surface area (Å²) in [4.78, 5) is 14.6. The second-order valence-corrected chi connectivity index (χ2v) is 8.46. The fourth-order valence-corrected chi connectivity index (χ4v) is 4.46. The highest BCUT2D eigenvalue weighted by Crippen LogP contribution is 2.22. The van der Waals surface area contributed by atoms with Gasteiger partial charge in [0.05, 0.1) is 4.90 Å². The fourth-order valence-electron chi connectivity index (χ4n) is 3.13. The number of nitrogens with one attached hydrogen (secondary N) is 1. The van der Waals surface area contributed by atoms with Crippen molar-refractivity contribution in [3.05, 3.63) is 59.2 Å². The summed E-state index contributed by atoms with van der Waals surface area (Å²) in [6.45, 7) is 5.14. The molecule has 1 N–H and O–H groups in total. The summed E-state index contributed by atoms with van der Waals surface area (Å²) in [6.07, 6.45) is 3.13. The second-order valence-electron chi connectivity index (χ2n) is 6.80. The van der Waals surface area contributed by atoms with E-state index in [0.717, 1.165) is 37.9 Å². The standard InChI is InChI=1S/C20H24N2O3S/c1-15-6-10-18(11-7-15)21-26(24,25)19-14-17(9-8-16(19)2)20(23)22-12-4-3-5-13-22/h6-11,14,21H,3-5,12-13H2,1-2H3. The number of piperidine rings is 1. The Bertz CT molecular complexity index is 899. The predicted octanol–water partition coefficient (Wildman–Crippen LogP) is 3.73. The molecule has 1 heterocycles. The lowest BCUT2D eigenvalue weighted by molar-refractivity contribution is 0.0724. The molecule has 2 aromatic carbocycles. The highest BCUT2D eigenvalue weighted by atomic mass is 32.2. The molecule has 3 rings (SSSR count). The topological polar surface area (TPSA) is 66.5 Å². The molecule has 0 saturated carbocycles. The van der Waals surface area contributed by atoms with Gasteiger partial charge in [0, 0.05) is 24.3 Å². The number of rotatable bonds is 4. The average molecular weight is 372 g/mol. The predicted molar refractivity (Wildman–Crippen MR) is 103 cm³/mol. The molecule has 1 fully saturated rings. The van der Waals surface area contributed by atoms with Crippen LogP contribution in [0.1, 0.15) is 40.7 Å². The molecule has 0 aromatic heterocycles. The van der Waals surface area contributed by atoms with Crippen LogP contribution in [-0.4, -0.2) is 32.3 Å². The molecule has 1 aliphatic heterocycles. The zero-order valence-corrected chi connectivity index (χ0v) is 16.0. The van der Waals surface area contributed by atoms with E-state index in [0.29, 0.717) is 16.8 Å². The van der Waals surface area contributed by atoms with E-state index in [1.807, 2.05) is 19.1 Å². The Balaban J connectivity index is 1.88. The van der Waals surface area contributed by atoms with Crippen LogP contribution in [0.5, 0.6) is 0 Å². The van der Waals surface area contributed by atoms with Crippen LogP contribution in [0.4, 0.5) is 5.69 Å². The summed E-state index contributed by atoms with van der Waals surface area (Å²) in [7, 11) is -3.76. The number of anilines is 1. The number of carbonyl (C=O) groups is 1. The first-order chi connectivity index (χ1) is 12.4. The van der Waals surface area contributed by atoms with Crippen LogP contribution in [0.15, 0.2) is 47.4 Å². The number of sulfonamides is 1. The largest absolute Gasteiger partial charge is 0.339 e. The highest BCUT2D eigenvalue weighted by Gasteiger charge is 2.22. The Labute approximate surface area is 155 Å². The van der Waals surface area contributed by atoms with Crippen LogP contribution in [0.25, 0.3) is 0 Å². The summed E-state index contributed by atoms with van der Waals surface area (Å²) < 4.78 is 28.2. The number of hydrogen-bond acceptors (Lipinski definition) is 3. The zero-order chi connectivity index (χ0) is 18.7. The van der Waals surface area contributed by atoms with Crippen LogP contribution < -0.4 is 4.72 Å². The Kier molecular flexibility index (Phi) is 5.32. The number of amides is 1. The van der Waals surface area contributed by atoms with Crippen molar-refractivity contribution in [2.24, 2.45) is 0 Å². The number of hydrogen-bond donors (Lipinski definition) is 1. The summed E-state index contributed by atoms with van der Waals surface area (Å²) in [5, 5.41) is 0. The minimum atomic E-state index is -3.76. The first kappa shape index (κ1) is 18.5.